The van der Waals surface area contributed by atoms with Gasteiger partial charge in [0.2, 0.25) is 0 Å². The van der Waals surface area contributed by atoms with Crippen molar-refractivity contribution in [2.24, 2.45) is 0 Å². The van der Waals surface area contributed by atoms with E-state index in [4.69, 9.17) is 18.9 Å². The van der Waals surface area contributed by atoms with Crippen LogP contribution in [0.5, 0.6) is 17.2 Å². The van der Waals surface area contributed by atoms with Gasteiger partial charge >= 0.3 is 0 Å². The second-order valence-electron chi connectivity index (χ2n) is 9.52. The zero-order valence-electron chi connectivity index (χ0n) is 22.8. The van der Waals surface area contributed by atoms with Gasteiger partial charge in [0, 0.05) is 12.1 Å². The van der Waals surface area contributed by atoms with Gasteiger partial charge in [0.15, 0.2) is 5.78 Å². The molecule has 0 aliphatic rings. The van der Waals surface area contributed by atoms with E-state index in [2.05, 4.69) is 0 Å². The third-order valence-electron chi connectivity index (χ3n) is 6.39. The fourth-order valence-electron chi connectivity index (χ4n) is 4.27. The summed E-state index contributed by atoms with van der Waals surface area (Å²) in [6, 6.07) is 42.8. The van der Waals surface area contributed by atoms with Crippen molar-refractivity contribution in [1.82, 2.24) is 0 Å². The van der Waals surface area contributed by atoms with E-state index < -0.39 is 0 Å². The molecule has 0 radical (unpaired) electrons. The lowest BCUT2D eigenvalue weighted by molar-refractivity contribution is 0.0718. The quantitative estimate of drug-likeness (QED) is 0.133. The monoisotopic (exact) mass is 544 g/mol. The van der Waals surface area contributed by atoms with Crippen molar-refractivity contribution in [3.8, 4) is 17.2 Å². The van der Waals surface area contributed by atoms with Gasteiger partial charge in [-0.15, -0.1) is 0 Å². The van der Waals surface area contributed by atoms with Crippen LogP contribution in [-0.2, 0) is 31.2 Å². The molecular weight excluding hydrogens is 512 g/mol. The van der Waals surface area contributed by atoms with E-state index in [1.807, 2.05) is 121 Å². The Kier molecular flexibility index (Phi) is 9.79. The van der Waals surface area contributed by atoms with Crippen LogP contribution in [0.2, 0.25) is 0 Å². The molecule has 0 heterocycles. The van der Waals surface area contributed by atoms with Crippen molar-refractivity contribution < 1.29 is 23.7 Å². The summed E-state index contributed by atoms with van der Waals surface area (Å²) in [6.07, 6.45) is 0. The molecule has 0 amide bonds. The molecule has 5 aromatic rings. The summed E-state index contributed by atoms with van der Waals surface area (Å²) in [7, 11) is 0. The SMILES string of the molecule is O=C(COCc1ccccc1)c1c(OCc2ccccc2)cc(OCc2ccccc2)cc1OCc1ccccc1. The van der Waals surface area contributed by atoms with Crippen LogP contribution in [0.3, 0.4) is 0 Å². The Morgan fingerprint density at radius 1 is 0.463 bits per heavy atom. The molecule has 5 heteroatoms. The highest BCUT2D eigenvalue weighted by Crippen LogP contribution is 2.36. The highest BCUT2D eigenvalue weighted by atomic mass is 16.5. The lowest BCUT2D eigenvalue weighted by Gasteiger charge is -2.18. The van der Waals surface area contributed by atoms with Gasteiger partial charge in [-0.25, -0.2) is 0 Å². The summed E-state index contributed by atoms with van der Waals surface area (Å²) >= 11 is 0. The number of hydrogen-bond acceptors (Lipinski definition) is 5. The molecule has 5 aromatic carbocycles. The summed E-state index contributed by atoms with van der Waals surface area (Å²) in [5.74, 6) is 1.08. The third kappa shape index (κ3) is 8.31. The van der Waals surface area contributed by atoms with Crippen LogP contribution in [0.4, 0.5) is 0 Å². The van der Waals surface area contributed by atoms with Gasteiger partial charge in [-0.2, -0.15) is 0 Å². The minimum atomic E-state index is -0.235. The predicted molar refractivity (Wildman–Crippen MR) is 159 cm³/mol. The minimum absolute atomic E-state index is 0.123. The third-order valence-corrected chi connectivity index (χ3v) is 6.39. The summed E-state index contributed by atoms with van der Waals surface area (Å²) in [5, 5.41) is 0. The fourth-order valence-corrected chi connectivity index (χ4v) is 4.27. The van der Waals surface area contributed by atoms with Crippen molar-refractivity contribution in [2.75, 3.05) is 6.61 Å². The van der Waals surface area contributed by atoms with E-state index in [0.717, 1.165) is 22.3 Å². The normalized spacial score (nSPS) is 10.6. The molecule has 41 heavy (non-hydrogen) atoms. The zero-order valence-corrected chi connectivity index (χ0v) is 22.8. The summed E-state index contributed by atoms with van der Waals surface area (Å²) in [6.45, 7) is 1.14. The van der Waals surface area contributed by atoms with Gasteiger partial charge in [0.25, 0.3) is 0 Å². The Morgan fingerprint density at radius 2 is 0.829 bits per heavy atom. The van der Waals surface area contributed by atoms with Crippen LogP contribution < -0.4 is 14.2 Å². The smallest absolute Gasteiger partial charge is 0.195 e. The molecular formula is C36H32O5. The maximum atomic E-state index is 13.7. The van der Waals surface area contributed by atoms with Crippen molar-refractivity contribution in [1.29, 1.82) is 0 Å². The predicted octanol–water partition coefficient (Wildman–Crippen LogP) is 7.82. The van der Waals surface area contributed by atoms with Crippen molar-refractivity contribution in [3.05, 3.63) is 161 Å². The van der Waals surface area contributed by atoms with Crippen LogP contribution in [0.1, 0.15) is 32.6 Å². The molecule has 0 aliphatic carbocycles. The average molecular weight is 545 g/mol. The Bertz CT molecular complexity index is 1440. The number of ether oxygens (including phenoxy) is 4. The molecule has 0 spiro atoms. The molecule has 0 saturated heterocycles. The first-order valence-electron chi connectivity index (χ1n) is 13.6. The molecule has 0 aliphatic heterocycles. The summed E-state index contributed by atoms with van der Waals surface area (Å²) in [4.78, 5) is 13.7. The van der Waals surface area contributed by atoms with Crippen LogP contribution in [0.15, 0.2) is 133 Å². The van der Waals surface area contributed by atoms with Gasteiger partial charge in [-0.1, -0.05) is 121 Å². The van der Waals surface area contributed by atoms with Crippen LogP contribution >= 0.6 is 0 Å². The number of hydrogen-bond donors (Lipinski definition) is 0. The molecule has 0 aromatic heterocycles. The van der Waals surface area contributed by atoms with Crippen LogP contribution in [0.25, 0.3) is 0 Å². The lowest BCUT2D eigenvalue weighted by Crippen LogP contribution is -2.14. The number of ketones is 1. The molecule has 0 N–H and O–H groups in total. The van der Waals surface area contributed by atoms with Crippen molar-refractivity contribution in [3.63, 3.8) is 0 Å². The molecule has 5 rings (SSSR count). The first-order valence-corrected chi connectivity index (χ1v) is 13.6. The van der Waals surface area contributed by atoms with E-state index in [9.17, 15) is 4.79 Å². The van der Waals surface area contributed by atoms with Crippen LogP contribution in [-0.4, -0.2) is 12.4 Å². The number of rotatable bonds is 14. The molecule has 0 fully saturated rings. The highest BCUT2D eigenvalue weighted by Gasteiger charge is 2.22. The Labute approximate surface area is 240 Å². The first kappa shape index (κ1) is 27.7. The number of benzene rings is 5. The van der Waals surface area contributed by atoms with E-state index in [0.29, 0.717) is 36.0 Å². The van der Waals surface area contributed by atoms with E-state index in [1.54, 1.807) is 12.1 Å². The van der Waals surface area contributed by atoms with Crippen LogP contribution in [0, 0.1) is 0 Å². The molecule has 0 saturated carbocycles. The Morgan fingerprint density at radius 3 is 1.24 bits per heavy atom. The first-order chi connectivity index (χ1) is 20.2. The van der Waals surface area contributed by atoms with E-state index >= 15 is 0 Å². The number of carbonyl (C=O) groups is 1. The Hall–Kier alpha value is -4.87. The highest BCUT2D eigenvalue weighted by molar-refractivity contribution is 6.02. The molecule has 0 unspecified atom stereocenters. The molecule has 0 atom stereocenters. The maximum absolute atomic E-state index is 13.7. The fraction of sp³-hybridized carbons (Fsp3) is 0.139. The largest absolute Gasteiger partial charge is 0.489 e. The standard InChI is InChI=1S/C36H32O5/c37-33(27-38-23-28-13-5-1-6-14-28)36-34(40-25-30-17-9-3-10-18-30)21-32(39-24-29-15-7-2-8-16-29)22-35(36)41-26-31-19-11-4-12-20-31/h1-22H,23-27H2. The zero-order chi connectivity index (χ0) is 28.1. The summed E-state index contributed by atoms with van der Waals surface area (Å²) < 4.78 is 24.5. The van der Waals surface area contributed by atoms with E-state index in [1.165, 1.54) is 0 Å². The summed E-state index contributed by atoms with van der Waals surface area (Å²) in [5.41, 5.74) is 4.31. The van der Waals surface area contributed by atoms with Crippen molar-refractivity contribution >= 4 is 5.78 Å². The van der Waals surface area contributed by atoms with Gasteiger partial charge in [0.1, 0.15) is 49.2 Å². The maximum Gasteiger partial charge on any atom is 0.195 e. The second-order valence-corrected chi connectivity index (χ2v) is 9.52. The lowest BCUT2D eigenvalue weighted by atomic mass is 10.1. The molecule has 206 valence electrons. The second kappa shape index (κ2) is 14.5. The number of Topliss-reactive ketones (excluding diaryl/α,β-unsaturated/α-hetero) is 1. The number of carbonyl (C=O) groups excluding carboxylic acids is 1. The van der Waals surface area contributed by atoms with Gasteiger partial charge in [-0.05, 0) is 22.3 Å². The average Bonchev–Trinajstić information content (AvgIpc) is 3.03. The molecule has 5 nitrogen and oxygen atoms in total. The van der Waals surface area contributed by atoms with Crippen molar-refractivity contribution in [2.45, 2.75) is 26.4 Å². The van der Waals surface area contributed by atoms with Gasteiger partial charge in [-0.3, -0.25) is 4.79 Å². The molecule has 0 bridgehead atoms. The van der Waals surface area contributed by atoms with Gasteiger partial charge in [0.05, 0.1) is 6.61 Å². The van der Waals surface area contributed by atoms with Gasteiger partial charge < -0.3 is 18.9 Å². The van der Waals surface area contributed by atoms with E-state index in [-0.39, 0.29) is 25.6 Å². The Balaban J connectivity index is 1.43. The minimum Gasteiger partial charge on any atom is -0.489 e. The topological polar surface area (TPSA) is 54.0 Å².